The molecule has 0 radical (unpaired) electrons. The van der Waals surface area contributed by atoms with E-state index in [-0.39, 0.29) is 23.8 Å². The molecule has 0 N–H and O–H groups in total. The lowest BCUT2D eigenvalue weighted by Gasteiger charge is -2.11. The number of thioether (sulfide) groups is 1. The van der Waals surface area contributed by atoms with Crippen molar-refractivity contribution in [3.05, 3.63) is 64.6 Å². The van der Waals surface area contributed by atoms with Crippen molar-refractivity contribution in [1.82, 2.24) is 4.90 Å². The molecule has 0 saturated carbocycles. The molecule has 2 aromatic rings. The summed E-state index contributed by atoms with van der Waals surface area (Å²) in [5.41, 5.74) is 1.07. The Morgan fingerprint density at radius 2 is 1.90 bits per heavy atom. The van der Waals surface area contributed by atoms with E-state index in [0.29, 0.717) is 29.2 Å². The summed E-state index contributed by atoms with van der Waals surface area (Å²) in [5, 5.41) is 8.19. The van der Waals surface area contributed by atoms with Crippen LogP contribution in [-0.2, 0) is 4.79 Å². The van der Waals surface area contributed by atoms with Gasteiger partial charge in [-0.1, -0.05) is 36.4 Å². The number of amides is 2. The second-order valence-electron chi connectivity index (χ2n) is 6.14. The second kappa shape index (κ2) is 9.76. The first-order valence-corrected chi connectivity index (χ1v) is 9.95. The molecule has 0 aliphatic carbocycles. The molecule has 3 rings (SSSR count). The quantitative estimate of drug-likeness (QED) is 0.470. The number of carbonyl (C=O) groups excluding carboxylic acids is 3. The number of benzene rings is 2. The molecule has 2 aromatic carbocycles. The van der Waals surface area contributed by atoms with Crippen LogP contribution < -0.4 is 9.47 Å². The molecule has 0 spiro atoms. The third-order valence-corrected chi connectivity index (χ3v) is 5.04. The third-order valence-electron chi connectivity index (χ3n) is 4.13. The molecule has 0 bridgehead atoms. The molecule has 2 amide bonds. The molecular formula is C22H18N2O5S. The molecule has 0 unspecified atom stereocenters. The lowest BCUT2D eigenvalue weighted by atomic mass is 10.1. The molecule has 30 heavy (non-hydrogen) atoms. The van der Waals surface area contributed by atoms with Gasteiger partial charge >= 0.3 is 0 Å². The Kier molecular flexibility index (Phi) is 6.88. The minimum atomic E-state index is -0.517. The van der Waals surface area contributed by atoms with Crippen LogP contribution >= 0.6 is 11.8 Å². The highest BCUT2D eigenvalue weighted by Gasteiger charge is 2.36. The van der Waals surface area contributed by atoms with Gasteiger partial charge in [0.15, 0.2) is 23.9 Å². The Balaban J connectivity index is 1.78. The first-order valence-electron chi connectivity index (χ1n) is 9.13. The number of hydrogen-bond donors (Lipinski definition) is 0. The van der Waals surface area contributed by atoms with Crippen LogP contribution in [-0.4, -0.2) is 41.6 Å². The summed E-state index contributed by atoms with van der Waals surface area (Å²) < 4.78 is 10.9. The Bertz CT molecular complexity index is 1040. The standard InChI is InChI=1S/C22H18N2O5S/c1-2-28-19-12-15(8-9-18(19)29-11-10-23)13-20-21(26)24(22(27)30-20)14-17(25)16-6-4-3-5-7-16/h3-9,12-13H,2,11,14H2,1H3/b20-13-. The van der Waals surface area contributed by atoms with Crippen molar-refractivity contribution in [1.29, 1.82) is 5.26 Å². The van der Waals surface area contributed by atoms with Gasteiger partial charge in [0, 0.05) is 5.56 Å². The highest BCUT2D eigenvalue weighted by molar-refractivity contribution is 8.18. The van der Waals surface area contributed by atoms with Crippen LogP contribution in [0.5, 0.6) is 11.5 Å². The molecule has 1 saturated heterocycles. The van der Waals surface area contributed by atoms with E-state index in [9.17, 15) is 14.4 Å². The minimum Gasteiger partial charge on any atom is -0.490 e. The predicted octanol–water partition coefficient (Wildman–Crippen LogP) is 3.91. The van der Waals surface area contributed by atoms with Crippen molar-refractivity contribution in [3.8, 4) is 17.6 Å². The summed E-state index contributed by atoms with van der Waals surface area (Å²) in [7, 11) is 0. The smallest absolute Gasteiger partial charge is 0.293 e. The maximum absolute atomic E-state index is 12.7. The predicted molar refractivity (Wildman–Crippen MR) is 112 cm³/mol. The van der Waals surface area contributed by atoms with E-state index in [0.717, 1.165) is 16.7 Å². The van der Waals surface area contributed by atoms with Crippen LogP contribution in [0, 0.1) is 11.3 Å². The third kappa shape index (κ3) is 4.88. The summed E-state index contributed by atoms with van der Waals surface area (Å²) in [6, 6.07) is 15.4. The van der Waals surface area contributed by atoms with Crippen LogP contribution in [0.15, 0.2) is 53.4 Å². The summed E-state index contributed by atoms with van der Waals surface area (Å²) in [4.78, 5) is 38.5. The summed E-state index contributed by atoms with van der Waals surface area (Å²) >= 11 is 0.782. The van der Waals surface area contributed by atoms with Gasteiger partial charge in [-0.25, -0.2) is 0 Å². The van der Waals surface area contributed by atoms with E-state index in [2.05, 4.69) is 0 Å². The zero-order valence-corrected chi connectivity index (χ0v) is 17.0. The number of hydrogen-bond acceptors (Lipinski definition) is 7. The highest BCUT2D eigenvalue weighted by Crippen LogP contribution is 2.34. The molecule has 0 aromatic heterocycles. The second-order valence-corrected chi connectivity index (χ2v) is 7.14. The number of nitrogens with zero attached hydrogens (tertiary/aromatic N) is 2. The van der Waals surface area contributed by atoms with E-state index in [1.165, 1.54) is 0 Å². The van der Waals surface area contributed by atoms with Gasteiger partial charge < -0.3 is 9.47 Å². The average molecular weight is 422 g/mol. The van der Waals surface area contributed by atoms with Gasteiger partial charge in [-0.05, 0) is 42.5 Å². The van der Waals surface area contributed by atoms with Gasteiger partial charge in [0.05, 0.1) is 18.1 Å². The van der Waals surface area contributed by atoms with Crippen molar-refractivity contribution < 1.29 is 23.9 Å². The maximum Gasteiger partial charge on any atom is 0.293 e. The van der Waals surface area contributed by atoms with E-state index >= 15 is 0 Å². The lowest BCUT2D eigenvalue weighted by Crippen LogP contribution is -2.33. The number of ether oxygens (including phenoxy) is 2. The summed E-state index contributed by atoms with van der Waals surface area (Å²) in [6.45, 7) is 1.78. The fourth-order valence-corrected chi connectivity index (χ4v) is 3.60. The van der Waals surface area contributed by atoms with Gasteiger partial charge in [0.2, 0.25) is 0 Å². The van der Waals surface area contributed by atoms with Crippen LogP contribution in [0.2, 0.25) is 0 Å². The van der Waals surface area contributed by atoms with Crippen LogP contribution in [0.4, 0.5) is 4.79 Å². The summed E-state index contributed by atoms with van der Waals surface area (Å²) in [6.07, 6.45) is 1.56. The van der Waals surface area contributed by atoms with Crippen molar-refractivity contribution in [2.75, 3.05) is 19.8 Å². The molecule has 1 aliphatic heterocycles. The van der Waals surface area contributed by atoms with Crippen molar-refractivity contribution in [3.63, 3.8) is 0 Å². The number of rotatable bonds is 8. The molecule has 1 aliphatic rings. The monoisotopic (exact) mass is 422 g/mol. The minimum absolute atomic E-state index is 0.117. The molecule has 1 fully saturated rings. The maximum atomic E-state index is 12.7. The van der Waals surface area contributed by atoms with Crippen LogP contribution in [0.3, 0.4) is 0 Å². The molecule has 0 atom stereocenters. The van der Waals surface area contributed by atoms with E-state index in [1.807, 2.05) is 13.0 Å². The topological polar surface area (TPSA) is 96.7 Å². The van der Waals surface area contributed by atoms with Crippen molar-refractivity contribution >= 4 is 34.8 Å². The summed E-state index contributed by atoms with van der Waals surface area (Å²) in [5.74, 6) is 0.0194. The first-order chi connectivity index (χ1) is 14.5. The normalized spacial score (nSPS) is 14.7. The van der Waals surface area contributed by atoms with Gasteiger partial charge in [-0.2, -0.15) is 5.26 Å². The van der Waals surface area contributed by atoms with Gasteiger partial charge in [-0.3, -0.25) is 19.3 Å². The SMILES string of the molecule is CCOc1cc(/C=C2\SC(=O)N(CC(=O)c3ccccc3)C2=O)ccc1OCC#N. The fourth-order valence-electron chi connectivity index (χ4n) is 2.76. The van der Waals surface area contributed by atoms with E-state index < -0.39 is 11.1 Å². The van der Waals surface area contributed by atoms with Crippen molar-refractivity contribution in [2.24, 2.45) is 0 Å². The zero-order chi connectivity index (χ0) is 21.5. The number of ketones is 1. The first kappa shape index (κ1) is 21.1. The Morgan fingerprint density at radius 3 is 2.60 bits per heavy atom. The Hall–Kier alpha value is -3.57. The molecule has 152 valence electrons. The molecule has 1 heterocycles. The average Bonchev–Trinajstić information content (AvgIpc) is 3.01. The highest BCUT2D eigenvalue weighted by atomic mass is 32.2. The van der Waals surface area contributed by atoms with Crippen LogP contribution in [0.1, 0.15) is 22.8 Å². The van der Waals surface area contributed by atoms with Gasteiger partial charge in [0.1, 0.15) is 6.07 Å². The number of Topliss-reactive ketones (excluding diaryl/α,β-unsaturated/α-hetero) is 1. The zero-order valence-electron chi connectivity index (χ0n) is 16.2. The molecule has 7 nitrogen and oxygen atoms in total. The lowest BCUT2D eigenvalue weighted by molar-refractivity contribution is -0.122. The van der Waals surface area contributed by atoms with E-state index in [4.69, 9.17) is 14.7 Å². The van der Waals surface area contributed by atoms with Crippen molar-refractivity contribution in [2.45, 2.75) is 6.92 Å². The van der Waals surface area contributed by atoms with Crippen LogP contribution in [0.25, 0.3) is 6.08 Å². The number of carbonyl (C=O) groups is 3. The fraction of sp³-hybridized carbons (Fsp3) is 0.182. The van der Waals surface area contributed by atoms with E-state index in [1.54, 1.807) is 54.6 Å². The Morgan fingerprint density at radius 1 is 1.13 bits per heavy atom. The molecule has 8 heteroatoms. The largest absolute Gasteiger partial charge is 0.490 e. The van der Waals surface area contributed by atoms with Gasteiger partial charge in [0.25, 0.3) is 11.1 Å². The number of imide groups is 1. The number of nitriles is 1. The van der Waals surface area contributed by atoms with Gasteiger partial charge in [-0.15, -0.1) is 0 Å². The Labute approximate surface area is 177 Å². The molecular weight excluding hydrogens is 404 g/mol.